The zero-order valence-electron chi connectivity index (χ0n) is 18.5. The van der Waals surface area contributed by atoms with Crippen molar-refractivity contribution in [1.82, 2.24) is 9.55 Å². The number of rotatable bonds is 4. The second-order valence-corrected chi connectivity index (χ2v) is 9.39. The summed E-state index contributed by atoms with van der Waals surface area (Å²) >= 11 is 0. The molecule has 7 nitrogen and oxygen atoms in total. The number of aliphatic hydroxyl groups is 2. The maximum atomic E-state index is 10.4. The molecule has 6 N–H and O–H groups in total. The molecule has 0 radical (unpaired) electrons. The van der Waals surface area contributed by atoms with Gasteiger partial charge in [-0.05, 0) is 49.1 Å². The quantitative estimate of drug-likeness (QED) is 0.466. The van der Waals surface area contributed by atoms with Crippen LogP contribution in [0.5, 0.6) is 0 Å². The third-order valence-corrected chi connectivity index (χ3v) is 7.37. The molecule has 2 heterocycles. The van der Waals surface area contributed by atoms with Gasteiger partial charge in [-0.2, -0.15) is 0 Å². The lowest BCUT2D eigenvalue weighted by Crippen LogP contribution is -2.45. The van der Waals surface area contributed by atoms with E-state index in [2.05, 4.69) is 33.7 Å². The number of piperidine rings is 1. The lowest BCUT2D eigenvalue weighted by Gasteiger charge is -2.37. The second kappa shape index (κ2) is 8.64. The number of nitrogen functional groups attached to an aromatic ring is 2. The number of aromatic nitrogens is 2. The molecular weight excluding hydrogens is 402 g/mol. The Bertz CT molecular complexity index is 1110. The molecule has 0 bridgehead atoms. The fraction of sp³-hybridized carbons (Fsp3) is 0.480. The molecule has 0 spiro atoms. The molecule has 5 rings (SSSR count). The van der Waals surface area contributed by atoms with Gasteiger partial charge in [0.25, 0.3) is 0 Å². The van der Waals surface area contributed by atoms with E-state index in [0.717, 1.165) is 40.8 Å². The summed E-state index contributed by atoms with van der Waals surface area (Å²) in [5, 5.41) is 19.8. The van der Waals surface area contributed by atoms with Crippen molar-refractivity contribution in [1.29, 1.82) is 0 Å². The molecule has 2 fully saturated rings. The van der Waals surface area contributed by atoms with Crippen LogP contribution in [0.25, 0.3) is 22.2 Å². The molecule has 3 aromatic rings. The summed E-state index contributed by atoms with van der Waals surface area (Å²) in [6.07, 6.45) is 8.50. The Morgan fingerprint density at radius 1 is 1.03 bits per heavy atom. The highest BCUT2D eigenvalue weighted by molar-refractivity contribution is 5.91. The molecule has 2 atom stereocenters. The monoisotopic (exact) mass is 435 g/mol. The smallest absolute Gasteiger partial charge is 0.0960 e. The van der Waals surface area contributed by atoms with Crippen molar-refractivity contribution >= 4 is 28.1 Å². The van der Waals surface area contributed by atoms with Gasteiger partial charge in [0.05, 0.1) is 34.8 Å². The highest BCUT2D eigenvalue weighted by Gasteiger charge is 2.28. The zero-order valence-corrected chi connectivity index (χ0v) is 18.5. The van der Waals surface area contributed by atoms with E-state index in [1.54, 1.807) is 0 Å². The predicted octanol–water partition coefficient (Wildman–Crippen LogP) is 3.55. The number of fused-ring (bicyclic) bond motifs is 1. The minimum atomic E-state index is -0.559. The summed E-state index contributed by atoms with van der Waals surface area (Å²) in [6.45, 7) is 1.24. The number of anilines is 3. The topological polar surface area (TPSA) is 114 Å². The van der Waals surface area contributed by atoms with Crippen LogP contribution < -0.4 is 16.4 Å². The molecule has 32 heavy (non-hydrogen) atoms. The number of aliphatic hydroxyl groups excluding tert-OH is 2. The number of imidazole rings is 1. The van der Waals surface area contributed by atoms with Gasteiger partial charge in [0.15, 0.2) is 0 Å². The average Bonchev–Trinajstić information content (AvgIpc) is 3.24. The van der Waals surface area contributed by atoms with Crippen LogP contribution in [0.3, 0.4) is 0 Å². The number of benzene rings is 2. The molecule has 0 unspecified atom stereocenters. The van der Waals surface area contributed by atoms with Crippen molar-refractivity contribution in [3.63, 3.8) is 0 Å². The third kappa shape index (κ3) is 3.80. The Kier molecular flexibility index (Phi) is 5.69. The molecule has 1 aliphatic heterocycles. The summed E-state index contributed by atoms with van der Waals surface area (Å²) < 4.78 is 2.33. The number of hydrogen-bond acceptors (Lipinski definition) is 6. The normalized spacial score (nSPS) is 22.5. The van der Waals surface area contributed by atoms with Gasteiger partial charge in [-0.15, -0.1) is 0 Å². The average molecular weight is 436 g/mol. The predicted molar refractivity (Wildman–Crippen MR) is 130 cm³/mol. The van der Waals surface area contributed by atoms with Crippen molar-refractivity contribution in [2.75, 3.05) is 36.1 Å². The first-order valence-electron chi connectivity index (χ1n) is 11.7. The molecule has 2 aromatic carbocycles. The molecule has 2 aliphatic rings. The summed E-state index contributed by atoms with van der Waals surface area (Å²) in [6, 6.07) is 10.8. The van der Waals surface area contributed by atoms with Crippen LogP contribution in [0.1, 0.15) is 44.6 Å². The summed E-state index contributed by atoms with van der Waals surface area (Å²) in [7, 11) is 0. The first-order valence-corrected chi connectivity index (χ1v) is 11.7. The van der Waals surface area contributed by atoms with E-state index in [1.807, 2.05) is 12.4 Å². The molecular formula is C25H33N5O2. The Labute approximate surface area is 188 Å². The van der Waals surface area contributed by atoms with Gasteiger partial charge in [-0.3, -0.25) is 0 Å². The van der Waals surface area contributed by atoms with E-state index in [4.69, 9.17) is 16.5 Å². The number of nitrogens with two attached hydrogens (primary N) is 2. The highest BCUT2D eigenvalue weighted by atomic mass is 16.3. The van der Waals surface area contributed by atoms with E-state index in [1.165, 1.54) is 32.1 Å². The largest absolute Gasteiger partial charge is 0.397 e. The molecule has 7 heteroatoms. The van der Waals surface area contributed by atoms with Crippen molar-refractivity contribution in [3.8, 4) is 11.1 Å². The summed E-state index contributed by atoms with van der Waals surface area (Å²) in [5.74, 6) is -0.0708. The van der Waals surface area contributed by atoms with Crippen LogP contribution in [0.15, 0.2) is 36.7 Å². The maximum Gasteiger partial charge on any atom is 0.0960 e. The maximum absolute atomic E-state index is 10.4. The zero-order chi connectivity index (χ0) is 22.2. The standard InChI is InChI=1S/C25H33N5O2/c26-21-12-19(29-9-8-17(14-31)24(32)13-29)11-20(25(21)27)16-6-7-23-22(10-16)28-15-30(23)18-4-2-1-3-5-18/h6-7,10-12,15,17-18,24,31-32H,1-5,8-9,13-14,26-27H2/t17-,24+/m1/s1. The summed E-state index contributed by atoms with van der Waals surface area (Å²) in [5.41, 5.74) is 18.7. The Hall–Kier alpha value is -2.77. The van der Waals surface area contributed by atoms with Crippen molar-refractivity contribution < 1.29 is 10.2 Å². The minimum Gasteiger partial charge on any atom is -0.397 e. The van der Waals surface area contributed by atoms with Gasteiger partial charge in [-0.1, -0.05) is 25.3 Å². The van der Waals surface area contributed by atoms with E-state index in [0.29, 0.717) is 24.0 Å². The Balaban J connectivity index is 1.47. The Morgan fingerprint density at radius 3 is 2.59 bits per heavy atom. The fourth-order valence-corrected chi connectivity index (χ4v) is 5.36. The lowest BCUT2D eigenvalue weighted by molar-refractivity contribution is 0.0548. The van der Waals surface area contributed by atoms with Crippen LogP contribution in [-0.2, 0) is 0 Å². The number of hydrogen-bond donors (Lipinski definition) is 4. The van der Waals surface area contributed by atoms with Crippen LogP contribution in [0, 0.1) is 5.92 Å². The molecule has 1 aliphatic carbocycles. The van der Waals surface area contributed by atoms with Gasteiger partial charge >= 0.3 is 0 Å². The van der Waals surface area contributed by atoms with E-state index in [-0.39, 0.29) is 12.5 Å². The molecule has 1 aromatic heterocycles. The van der Waals surface area contributed by atoms with Crippen molar-refractivity contribution in [2.45, 2.75) is 50.7 Å². The number of β-amino-alcohol motifs (C(OH)–C–C–N with tert-alkyl or cyclic N) is 1. The Morgan fingerprint density at radius 2 is 1.84 bits per heavy atom. The van der Waals surface area contributed by atoms with Crippen molar-refractivity contribution in [2.24, 2.45) is 5.92 Å². The summed E-state index contributed by atoms with van der Waals surface area (Å²) in [4.78, 5) is 6.81. The second-order valence-electron chi connectivity index (χ2n) is 9.39. The van der Waals surface area contributed by atoms with Gasteiger partial charge in [0.1, 0.15) is 0 Å². The molecule has 0 amide bonds. The minimum absolute atomic E-state index is 0.0116. The van der Waals surface area contributed by atoms with Gasteiger partial charge in [0.2, 0.25) is 0 Å². The van der Waals surface area contributed by atoms with Crippen LogP contribution in [-0.4, -0.2) is 45.6 Å². The van der Waals surface area contributed by atoms with Crippen molar-refractivity contribution in [3.05, 3.63) is 36.7 Å². The molecule has 1 saturated carbocycles. The van der Waals surface area contributed by atoms with Crippen LogP contribution >= 0.6 is 0 Å². The van der Waals surface area contributed by atoms with Gasteiger partial charge < -0.3 is 31.1 Å². The first kappa shape index (κ1) is 21.1. The number of nitrogens with zero attached hydrogens (tertiary/aromatic N) is 3. The highest BCUT2D eigenvalue weighted by Crippen LogP contribution is 2.38. The lowest BCUT2D eigenvalue weighted by atomic mass is 9.93. The molecule has 170 valence electrons. The van der Waals surface area contributed by atoms with E-state index in [9.17, 15) is 10.2 Å². The van der Waals surface area contributed by atoms with Gasteiger partial charge in [0, 0.05) is 42.9 Å². The van der Waals surface area contributed by atoms with E-state index < -0.39 is 6.10 Å². The first-order chi connectivity index (χ1) is 15.5. The van der Waals surface area contributed by atoms with E-state index >= 15 is 0 Å². The fourth-order valence-electron chi connectivity index (χ4n) is 5.36. The third-order valence-electron chi connectivity index (χ3n) is 7.37. The van der Waals surface area contributed by atoms with Crippen LogP contribution in [0.2, 0.25) is 0 Å². The molecule has 1 saturated heterocycles. The van der Waals surface area contributed by atoms with Gasteiger partial charge in [-0.25, -0.2) is 4.98 Å². The SMILES string of the molecule is Nc1cc(N2CC[C@H](CO)[C@@H](O)C2)cc(-c2ccc3c(c2)ncn3C2CCCCC2)c1N. The van der Waals surface area contributed by atoms with Crippen LogP contribution in [0.4, 0.5) is 17.1 Å².